The Morgan fingerprint density at radius 1 is 1.31 bits per heavy atom. The topological polar surface area (TPSA) is 35.5 Å². The maximum atomic E-state index is 11.4. The minimum Gasteiger partial charge on any atom is -0.496 e. The Hall–Kier alpha value is -1.07. The van der Waals surface area contributed by atoms with Gasteiger partial charge in [-0.25, -0.2) is 4.79 Å². The molecular formula is C11H9BrO3S. The zero-order chi connectivity index (χ0) is 11.7. The van der Waals surface area contributed by atoms with Gasteiger partial charge in [-0.05, 0) is 18.2 Å². The van der Waals surface area contributed by atoms with Gasteiger partial charge in [-0.1, -0.05) is 15.9 Å². The van der Waals surface area contributed by atoms with Crippen LogP contribution in [0.1, 0.15) is 9.67 Å². The van der Waals surface area contributed by atoms with Crippen LogP contribution in [-0.2, 0) is 4.74 Å². The van der Waals surface area contributed by atoms with Crippen LogP contribution >= 0.6 is 27.3 Å². The van der Waals surface area contributed by atoms with E-state index in [1.54, 1.807) is 13.2 Å². The van der Waals surface area contributed by atoms with Gasteiger partial charge >= 0.3 is 5.97 Å². The third-order valence-corrected chi connectivity index (χ3v) is 3.69. The van der Waals surface area contributed by atoms with Gasteiger partial charge in [0.05, 0.1) is 14.2 Å². The standard InChI is InChI=1S/C11H9BrO3S/c1-14-8-3-6(12)4-9-7(8)5-10(16-9)11(13)15-2/h3-5H,1-2H3. The number of carbonyl (C=O) groups excluding carboxylic acids is 1. The molecule has 0 saturated heterocycles. The Labute approximate surface area is 105 Å². The summed E-state index contributed by atoms with van der Waals surface area (Å²) in [6, 6.07) is 5.61. The van der Waals surface area contributed by atoms with Gasteiger partial charge < -0.3 is 9.47 Å². The molecule has 5 heteroatoms. The van der Waals surface area contributed by atoms with Crippen molar-refractivity contribution in [2.45, 2.75) is 0 Å². The van der Waals surface area contributed by atoms with E-state index in [2.05, 4.69) is 20.7 Å². The largest absolute Gasteiger partial charge is 0.496 e. The molecule has 0 spiro atoms. The molecule has 0 aliphatic rings. The highest BCUT2D eigenvalue weighted by Gasteiger charge is 2.13. The SMILES string of the molecule is COC(=O)c1cc2c(OC)cc(Br)cc2s1. The van der Waals surface area contributed by atoms with Crippen LogP contribution in [0.2, 0.25) is 0 Å². The molecule has 0 N–H and O–H groups in total. The summed E-state index contributed by atoms with van der Waals surface area (Å²) in [6.45, 7) is 0. The van der Waals surface area contributed by atoms with E-state index in [1.165, 1.54) is 18.4 Å². The second-order valence-corrected chi connectivity index (χ2v) is 5.12. The summed E-state index contributed by atoms with van der Waals surface area (Å²) in [4.78, 5) is 12.0. The third kappa shape index (κ3) is 1.92. The summed E-state index contributed by atoms with van der Waals surface area (Å²) < 4.78 is 11.9. The molecule has 2 rings (SSSR count). The molecule has 0 aliphatic heterocycles. The predicted octanol–water partition coefficient (Wildman–Crippen LogP) is 3.46. The van der Waals surface area contributed by atoms with Crippen molar-refractivity contribution in [2.75, 3.05) is 14.2 Å². The van der Waals surface area contributed by atoms with E-state index in [9.17, 15) is 4.79 Å². The van der Waals surface area contributed by atoms with E-state index < -0.39 is 0 Å². The lowest BCUT2D eigenvalue weighted by atomic mass is 10.2. The number of rotatable bonds is 2. The summed E-state index contributed by atoms with van der Waals surface area (Å²) in [5.41, 5.74) is 0. The zero-order valence-electron chi connectivity index (χ0n) is 8.74. The number of ether oxygens (including phenoxy) is 2. The normalized spacial score (nSPS) is 10.4. The van der Waals surface area contributed by atoms with Crippen molar-refractivity contribution in [3.63, 3.8) is 0 Å². The monoisotopic (exact) mass is 300 g/mol. The second kappa shape index (κ2) is 4.43. The Kier molecular flexibility index (Phi) is 3.16. The lowest BCUT2D eigenvalue weighted by molar-refractivity contribution is 0.0606. The van der Waals surface area contributed by atoms with E-state index in [1.807, 2.05) is 12.1 Å². The molecule has 1 aromatic carbocycles. The Bertz CT molecular complexity index is 547. The Morgan fingerprint density at radius 3 is 2.69 bits per heavy atom. The molecule has 0 saturated carbocycles. The van der Waals surface area contributed by atoms with Crippen molar-refractivity contribution in [1.82, 2.24) is 0 Å². The minimum absolute atomic E-state index is 0.320. The Balaban J connectivity index is 2.64. The van der Waals surface area contributed by atoms with Crippen LogP contribution in [0.25, 0.3) is 10.1 Å². The number of thiophene rings is 1. The quantitative estimate of drug-likeness (QED) is 0.797. The van der Waals surface area contributed by atoms with Gasteiger partial charge in [0.25, 0.3) is 0 Å². The number of hydrogen-bond acceptors (Lipinski definition) is 4. The number of halogens is 1. The van der Waals surface area contributed by atoms with Gasteiger partial charge in [0, 0.05) is 14.6 Å². The minimum atomic E-state index is -0.320. The summed E-state index contributed by atoms with van der Waals surface area (Å²) in [7, 11) is 2.98. The fourth-order valence-electron chi connectivity index (χ4n) is 1.44. The van der Waals surface area contributed by atoms with E-state index in [4.69, 9.17) is 4.74 Å². The average Bonchev–Trinajstić information content (AvgIpc) is 2.70. The van der Waals surface area contributed by atoms with Gasteiger partial charge in [-0.2, -0.15) is 0 Å². The van der Waals surface area contributed by atoms with Gasteiger partial charge in [0.1, 0.15) is 10.6 Å². The van der Waals surface area contributed by atoms with Crippen LogP contribution in [0.3, 0.4) is 0 Å². The van der Waals surface area contributed by atoms with Crippen LogP contribution in [0, 0.1) is 0 Å². The van der Waals surface area contributed by atoms with Crippen LogP contribution in [0.15, 0.2) is 22.7 Å². The first-order valence-electron chi connectivity index (χ1n) is 4.51. The lowest BCUT2D eigenvalue weighted by Gasteiger charge is -2.01. The summed E-state index contributed by atoms with van der Waals surface area (Å²) in [5, 5.41) is 0.927. The molecule has 0 fully saturated rings. The first kappa shape index (κ1) is 11.4. The number of hydrogen-bond donors (Lipinski definition) is 0. The van der Waals surface area contributed by atoms with E-state index in [0.717, 1.165) is 20.3 Å². The van der Waals surface area contributed by atoms with E-state index in [-0.39, 0.29) is 5.97 Å². The van der Waals surface area contributed by atoms with Crippen molar-refractivity contribution >= 4 is 43.3 Å². The molecule has 2 aromatic rings. The van der Waals surface area contributed by atoms with Crippen molar-refractivity contribution in [3.05, 3.63) is 27.5 Å². The molecule has 1 aromatic heterocycles. The van der Waals surface area contributed by atoms with Crippen LogP contribution < -0.4 is 4.74 Å². The molecule has 0 atom stereocenters. The van der Waals surface area contributed by atoms with Crippen molar-refractivity contribution in [3.8, 4) is 5.75 Å². The predicted molar refractivity (Wildman–Crippen MR) is 67.4 cm³/mol. The first-order valence-corrected chi connectivity index (χ1v) is 6.12. The van der Waals surface area contributed by atoms with Crippen molar-refractivity contribution in [2.24, 2.45) is 0 Å². The molecule has 0 unspecified atom stereocenters. The molecule has 0 aliphatic carbocycles. The highest BCUT2D eigenvalue weighted by Crippen LogP contribution is 2.35. The van der Waals surface area contributed by atoms with Gasteiger partial charge in [-0.15, -0.1) is 11.3 Å². The third-order valence-electron chi connectivity index (χ3n) is 2.17. The lowest BCUT2D eigenvalue weighted by Crippen LogP contribution is -1.96. The molecule has 16 heavy (non-hydrogen) atoms. The number of methoxy groups -OCH3 is 2. The molecule has 1 heterocycles. The number of benzene rings is 1. The fourth-order valence-corrected chi connectivity index (χ4v) is 3.07. The zero-order valence-corrected chi connectivity index (χ0v) is 11.1. The van der Waals surface area contributed by atoms with Crippen LogP contribution in [-0.4, -0.2) is 20.2 Å². The van der Waals surface area contributed by atoms with Crippen LogP contribution in [0.4, 0.5) is 0 Å². The highest BCUT2D eigenvalue weighted by molar-refractivity contribution is 9.10. The molecule has 84 valence electrons. The molecular weight excluding hydrogens is 292 g/mol. The molecule has 0 bridgehead atoms. The average molecular weight is 301 g/mol. The fraction of sp³-hybridized carbons (Fsp3) is 0.182. The van der Waals surface area contributed by atoms with Crippen LogP contribution in [0.5, 0.6) is 5.75 Å². The summed E-state index contributed by atoms with van der Waals surface area (Å²) >= 11 is 4.79. The molecule has 0 radical (unpaired) electrons. The smallest absolute Gasteiger partial charge is 0.348 e. The van der Waals surface area contributed by atoms with Gasteiger partial charge in [-0.3, -0.25) is 0 Å². The summed E-state index contributed by atoms with van der Waals surface area (Å²) in [6.07, 6.45) is 0. The number of fused-ring (bicyclic) bond motifs is 1. The summed E-state index contributed by atoms with van der Waals surface area (Å²) in [5.74, 6) is 0.426. The first-order chi connectivity index (χ1) is 7.65. The van der Waals surface area contributed by atoms with E-state index >= 15 is 0 Å². The van der Waals surface area contributed by atoms with Crippen molar-refractivity contribution < 1.29 is 14.3 Å². The maximum absolute atomic E-state index is 11.4. The number of esters is 1. The van der Waals surface area contributed by atoms with Gasteiger partial charge in [0.2, 0.25) is 0 Å². The Morgan fingerprint density at radius 2 is 2.06 bits per heavy atom. The van der Waals surface area contributed by atoms with E-state index in [0.29, 0.717) is 4.88 Å². The molecule has 3 nitrogen and oxygen atoms in total. The molecule has 0 amide bonds. The second-order valence-electron chi connectivity index (χ2n) is 3.12. The van der Waals surface area contributed by atoms with Crippen molar-refractivity contribution in [1.29, 1.82) is 0 Å². The van der Waals surface area contributed by atoms with Gasteiger partial charge in [0.15, 0.2) is 0 Å². The maximum Gasteiger partial charge on any atom is 0.348 e. The number of carbonyl (C=O) groups is 1. The highest BCUT2D eigenvalue weighted by atomic mass is 79.9.